The van der Waals surface area contributed by atoms with Crippen molar-refractivity contribution in [3.05, 3.63) is 29.8 Å². The standard InChI is InChI=1S/C13H21NO/c1-11(2)15-13-9-4-3-7-12(13)8-5-6-10-14/h3-4,7,9,11H,5-6,8,10,14H2,1-2H3. The first-order valence-corrected chi connectivity index (χ1v) is 5.68. The average molecular weight is 207 g/mol. The van der Waals surface area contributed by atoms with Gasteiger partial charge in [0.05, 0.1) is 6.10 Å². The van der Waals surface area contributed by atoms with E-state index in [0.717, 1.165) is 31.6 Å². The van der Waals surface area contributed by atoms with E-state index in [1.165, 1.54) is 5.56 Å². The molecule has 2 N–H and O–H groups in total. The van der Waals surface area contributed by atoms with E-state index in [0.29, 0.717) is 0 Å². The molecule has 0 atom stereocenters. The van der Waals surface area contributed by atoms with Gasteiger partial charge in [-0.15, -0.1) is 0 Å². The maximum atomic E-state index is 5.74. The first-order chi connectivity index (χ1) is 7.24. The van der Waals surface area contributed by atoms with Crippen LogP contribution in [0.4, 0.5) is 0 Å². The van der Waals surface area contributed by atoms with Crippen LogP contribution in [0.25, 0.3) is 0 Å². The van der Waals surface area contributed by atoms with Gasteiger partial charge in [0.1, 0.15) is 5.75 Å². The number of benzene rings is 1. The highest BCUT2D eigenvalue weighted by atomic mass is 16.5. The lowest BCUT2D eigenvalue weighted by molar-refractivity contribution is 0.240. The highest BCUT2D eigenvalue weighted by Crippen LogP contribution is 2.21. The molecule has 0 aliphatic rings. The second-order valence-electron chi connectivity index (χ2n) is 4.02. The van der Waals surface area contributed by atoms with Crippen LogP contribution in [-0.2, 0) is 6.42 Å². The van der Waals surface area contributed by atoms with E-state index in [1.807, 2.05) is 12.1 Å². The zero-order valence-electron chi connectivity index (χ0n) is 9.70. The molecular formula is C13H21NO. The third-order valence-corrected chi connectivity index (χ3v) is 2.24. The molecule has 0 aliphatic carbocycles. The fraction of sp³-hybridized carbons (Fsp3) is 0.538. The molecule has 1 rings (SSSR count). The predicted octanol–water partition coefficient (Wildman–Crippen LogP) is 2.76. The third kappa shape index (κ3) is 4.34. The summed E-state index contributed by atoms with van der Waals surface area (Å²) < 4.78 is 5.74. The zero-order valence-corrected chi connectivity index (χ0v) is 9.70. The smallest absolute Gasteiger partial charge is 0.122 e. The summed E-state index contributed by atoms with van der Waals surface area (Å²) in [6.07, 6.45) is 3.51. The molecule has 0 spiro atoms. The summed E-state index contributed by atoms with van der Waals surface area (Å²) in [7, 11) is 0. The molecule has 0 amide bonds. The van der Waals surface area contributed by atoms with Crippen molar-refractivity contribution < 1.29 is 4.74 Å². The largest absolute Gasteiger partial charge is 0.491 e. The van der Waals surface area contributed by atoms with Crippen molar-refractivity contribution >= 4 is 0 Å². The molecule has 84 valence electrons. The van der Waals surface area contributed by atoms with Crippen molar-refractivity contribution in [2.24, 2.45) is 5.73 Å². The monoisotopic (exact) mass is 207 g/mol. The van der Waals surface area contributed by atoms with E-state index < -0.39 is 0 Å². The van der Waals surface area contributed by atoms with Gasteiger partial charge in [0.2, 0.25) is 0 Å². The van der Waals surface area contributed by atoms with Crippen molar-refractivity contribution in [2.45, 2.75) is 39.2 Å². The molecule has 0 fully saturated rings. The van der Waals surface area contributed by atoms with E-state index in [1.54, 1.807) is 0 Å². The first-order valence-electron chi connectivity index (χ1n) is 5.68. The summed E-state index contributed by atoms with van der Waals surface area (Å²) in [4.78, 5) is 0. The summed E-state index contributed by atoms with van der Waals surface area (Å²) in [5.41, 5.74) is 6.77. The van der Waals surface area contributed by atoms with Crippen molar-refractivity contribution in [2.75, 3.05) is 6.54 Å². The molecule has 0 aromatic heterocycles. The summed E-state index contributed by atoms with van der Waals surface area (Å²) in [5, 5.41) is 0. The fourth-order valence-electron chi connectivity index (χ4n) is 1.54. The van der Waals surface area contributed by atoms with Crippen LogP contribution in [0.5, 0.6) is 5.75 Å². The van der Waals surface area contributed by atoms with Gasteiger partial charge >= 0.3 is 0 Å². The summed E-state index contributed by atoms with van der Waals surface area (Å²) in [5.74, 6) is 1.02. The average Bonchev–Trinajstić information content (AvgIpc) is 2.20. The maximum absolute atomic E-state index is 5.74. The van der Waals surface area contributed by atoms with Crippen LogP contribution < -0.4 is 10.5 Å². The minimum Gasteiger partial charge on any atom is -0.491 e. The predicted molar refractivity (Wildman–Crippen MR) is 64.2 cm³/mol. The molecule has 2 nitrogen and oxygen atoms in total. The van der Waals surface area contributed by atoms with Gasteiger partial charge in [-0.3, -0.25) is 0 Å². The molecular weight excluding hydrogens is 186 g/mol. The maximum Gasteiger partial charge on any atom is 0.122 e. The summed E-state index contributed by atoms with van der Waals surface area (Å²) in [6.45, 7) is 4.88. The molecule has 0 heterocycles. The van der Waals surface area contributed by atoms with Gasteiger partial charge in [0, 0.05) is 0 Å². The molecule has 15 heavy (non-hydrogen) atoms. The number of para-hydroxylation sites is 1. The van der Waals surface area contributed by atoms with Gasteiger partial charge in [0.25, 0.3) is 0 Å². The Morgan fingerprint density at radius 1 is 1.20 bits per heavy atom. The van der Waals surface area contributed by atoms with Gasteiger partial charge in [-0.2, -0.15) is 0 Å². The Kier molecular flexibility index (Phi) is 5.19. The van der Waals surface area contributed by atoms with E-state index in [9.17, 15) is 0 Å². The SMILES string of the molecule is CC(C)Oc1ccccc1CCCCN. The summed E-state index contributed by atoms with van der Waals surface area (Å²) >= 11 is 0. The van der Waals surface area contributed by atoms with Crippen molar-refractivity contribution in [3.8, 4) is 5.75 Å². The Hall–Kier alpha value is -1.02. The Bertz CT molecular complexity index is 284. The van der Waals surface area contributed by atoms with Gasteiger partial charge in [0.15, 0.2) is 0 Å². The van der Waals surface area contributed by atoms with Crippen LogP contribution in [0.1, 0.15) is 32.3 Å². The second kappa shape index (κ2) is 6.46. The quantitative estimate of drug-likeness (QED) is 0.728. The summed E-state index contributed by atoms with van der Waals surface area (Å²) in [6, 6.07) is 8.25. The molecule has 0 aliphatic heterocycles. The highest BCUT2D eigenvalue weighted by molar-refractivity contribution is 5.33. The highest BCUT2D eigenvalue weighted by Gasteiger charge is 2.03. The molecule has 2 heteroatoms. The Labute approximate surface area is 92.4 Å². The van der Waals surface area contributed by atoms with Crippen molar-refractivity contribution in [1.82, 2.24) is 0 Å². The Morgan fingerprint density at radius 3 is 2.60 bits per heavy atom. The van der Waals surface area contributed by atoms with Crippen molar-refractivity contribution in [3.63, 3.8) is 0 Å². The lowest BCUT2D eigenvalue weighted by Crippen LogP contribution is -2.07. The van der Waals surface area contributed by atoms with Crippen LogP contribution in [0.15, 0.2) is 24.3 Å². The van der Waals surface area contributed by atoms with Crippen LogP contribution in [-0.4, -0.2) is 12.6 Å². The zero-order chi connectivity index (χ0) is 11.1. The number of rotatable bonds is 6. The number of unbranched alkanes of at least 4 members (excludes halogenated alkanes) is 1. The Balaban J connectivity index is 2.60. The van der Waals surface area contributed by atoms with Crippen molar-refractivity contribution in [1.29, 1.82) is 0 Å². The first kappa shape index (κ1) is 12.1. The molecule has 0 radical (unpaired) electrons. The van der Waals surface area contributed by atoms with Crippen LogP contribution in [0, 0.1) is 0 Å². The van der Waals surface area contributed by atoms with Gasteiger partial charge in [-0.25, -0.2) is 0 Å². The van der Waals surface area contributed by atoms with Crippen LogP contribution in [0.3, 0.4) is 0 Å². The van der Waals surface area contributed by atoms with Gasteiger partial charge in [-0.05, 0) is 51.3 Å². The molecule has 0 saturated heterocycles. The van der Waals surface area contributed by atoms with Crippen LogP contribution in [0.2, 0.25) is 0 Å². The molecule has 0 saturated carbocycles. The molecule has 0 bridgehead atoms. The number of hydrogen-bond acceptors (Lipinski definition) is 2. The van der Waals surface area contributed by atoms with Crippen LogP contribution >= 0.6 is 0 Å². The topological polar surface area (TPSA) is 35.2 Å². The Morgan fingerprint density at radius 2 is 1.93 bits per heavy atom. The number of aryl methyl sites for hydroxylation is 1. The van der Waals surface area contributed by atoms with E-state index in [4.69, 9.17) is 10.5 Å². The second-order valence-corrected chi connectivity index (χ2v) is 4.02. The normalized spacial score (nSPS) is 10.7. The van der Waals surface area contributed by atoms with E-state index in [-0.39, 0.29) is 6.10 Å². The van der Waals surface area contributed by atoms with Gasteiger partial charge in [-0.1, -0.05) is 18.2 Å². The van der Waals surface area contributed by atoms with Gasteiger partial charge < -0.3 is 10.5 Å². The molecule has 1 aromatic rings. The minimum absolute atomic E-state index is 0.237. The van der Waals surface area contributed by atoms with E-state index >= 15 is 0 Å². The lowest BCUT2D eigenvalue weighted by Gasteiger charge is -2.13. The lowest BCUT2D eigenvalue weighted by atomic mass is 10.1. The fourth-order valence-corrected chi connectivity index (χ4v) is 1.54. The van der Waals surface area contributed by atoms with E-state index in [2.05, 4.69) is 26.0 Å². The third-order valence-electron chi connectivity index (χ3n) is 2.24. The molecule has 0 unspecified atom stereocenters. The number of hydrogen-bond donors (Lipinski definition) is 1. The number of nitrogens with two attached hydrogens (primary N) is 1. The minimum atomic E-state index is 0.237. The molecule has 1 aromatic carbocycles. The number of ether oxygens (including phenoxy) is 1.